The van der Waals surface area contributed by atoms with Gasteiger partial charge in [0.15, 0.2) is 0 Å². The molecule has 1 aromatic carbocycles. The van der Waals surface area contributed by atoms with Crippen molar-refractivity contribution in [1.82, 2.24) is 16.0 Å². The van der Waals surface area contributed by atoms with Crippen LogP contribution in [0.4, 0.5) is 0 Å². The zero-order valence-electron chi connectivity index (χ0n) is 12.9. The largest absolute Gasteiger partial charge is 0.356 e. The number of carbonyl (C=O) groups excluding carboxylic acids is 2. The Labute approximate surface area is 126 Å². The van der Waals surface area contributed by atoms with Crippen molar-refractivity contribution in [2.24, 2.45) is 0 Å². The lowest BCUT2D eigenvalue weighted by Gasteiger charge is -2.10. The summed E-state index contributed by atoms with van der Waals surface area (Å²) in [5.74, 6) is -0.148. The van der Waals surface area contributed by atoms with Crippen molar-refractivity contribution < 1.29 is 9.59 Å². The molecule has 0 unspecified atom stereocenters. The van der Waals surface area contributed by atoms with Crippen molar-refractivity contribution in [2.75, 3.05) is 26.7 Å². The van der Waals surface area contributed by atoms with Gasteiger partial charge in [-0.3, -0.25) is 9.59 Å². The van der Waals surface area contributed by atoms with E-state index in [1.807, 2.05) is 38.2 Å². The number of carbonyl (C=O) groups is 2. The summed E-state index contributed by atoms with van der Waals surface area (Å²) in [6, 6.07) is 7.56. The number of nitrogens with one attached hydrogen (secondary N) is 3. The van der Waals surface area contributed by atoms with E-state index in [0.717, 1.165) is 24.9 Å². The minimum Gasteiger partial charge on any atom is -0.356 e. The fourth-order valence-corrected chi connectivity index (χ4v) is 1.96. The van der Waals surface area contributed by atoms with Gasteiger partial charge in [-0.1, -0.05) is 25.1 Å². The molecule has 3 N–H and O–H groups in total. The van der Waals surface area contributed by atoms with Crippen LogP contribution >= 0.6 is 0 Å². The molecule has 2 amide bonds. The van der Waals surface area contributed by atoms with Crippen molar-refractivity contribution in [3.05, 3.63) is 35.4 Å². The maximum Gasteiger partial charge on any atom is 0.251 e. The number of benzene rings is 1. The monoisotopic (exact) mass is 291 g/mol. The van der Waals surface area contributed by atoms with E-state index in [-0.39, 0.29) is 11.8 Å². The quantitative estimate of drug-likeness (QED) is 0.638. The number of hydrogen-bond donors (Lipinski definition) is 3. The summed E-state index contributed by atoms with van der Waals surface area (Å²) in [4.78, 5) is 23.6. The second-order valence-corrected chi connectivity index (χ2v) is 4.87. The molecular formula is C16H25N3O2. The molecule has 0 saturated carbocycles. The van der Waals surface area contributed by atoms with E-state index in [2.05, 4.69) is 16.0 Å². The van der Waals surface area contributed by atoms with Gasteiger partial charge in [0.1, 0.15) is 0 Å². The molecule has 116 valence electrons. The molecule has 0 spiro atoms. The van der Waals surface area contributed by atoms with Crippen LogP contribution in [-0.2, 0) is 11.2 Å². The van der Waals surface area contributed by atoms with Crippen molar-refractivity contribution in [1.29, 1.82) is 0 Å². The molecule has 21 heavy (non-hydrogen) atoms. The van der Waals surface area contributed by atoms with Gasteiger partial charge in [-0.2, -0.15) is 0 Å². The lowest BCUT2D eigenvalue weighted by atomic mass is 10.0. The van der Waals surface area contributed by atoms with Gasteiger partial charge in [-0.05, 0) is 38.1 Å². The highest BCUT2D eigenvalue weighted by Crippen LogP contribution is 2.09. The summed E-state index contributed by atoms with van der Waals surface area (Å²) in [6.45, 7) is 3.86. The van der Waals surface area contributed by atoms with Gasteiger partial charge in [0.05, 0.1) is 0 Å². The van der Waals surface area contributed by atoms with Crippen molar-refractivity contribution >= 4 is 11.8 Å². The lowest BCUT2D eigenvalue weighted by Crippen LogP contribution is -2.31. The molecule has 1 rings (SSSR count). The summed E-state index contributed by atoms with van der Waals surface area (Å²) in [7, 11) is 1.89. The smallest absolute Gasteiger partial charge is 0.251 e. The fraction of sp³-hybridized carbons (Fsp3) is 0.500. The van der Waals surface area contributed by atoms with Crippen molar-refractivity contribution in [2.45, 2.75) is 26.2 Å². The first-order chi connectivity index (χ1) is 10.2. The van der Waals surface area contributed by atoms with E-state index < -0.39 is 0 Å². The molecule has 5 heteroatoms. The molecule has 0 aliphatic heterocycles. The molecule has 0 aliphatic carbocycles. The molecule has 0 radical (unpaired) electrons. The van der Waals surface area contributed by atoms with Crippen LogP contribution in [0.25, 0.3) is 0 Å². The first-order valence-electron chi connectivity index (χ1n) is 7.46. The van der Waals surface area contributed by atoms with Gasteiger partial charge < -0.3 is 16.0 Å². The standard InChI is InChI=1S/C16H25N3O2/c1-3-10-18-15(20)9-12-19-16(21)14-7-5-4-6-13(14)8-11-17-2/h4-7,17H,3,8-12H2,1-2H3,(H,18,20)(H,19,21). The van der Waals surface area contributed by atoms with Crippen molar-refractivity contribution in [3.8, 4) is 0 Å². The van der Waals surface area contributed by atoms with Gasteiger partial charge >= 0.3 is 0 Å². The molecule has 0 bridgehead atoms. The molecule has 0 heterocycles. The van der Waals surface area contributed by atoms with Crippen molar-refractivity contribution in [3.63, 3.8) is 0 Å². The third-order valence-corrected chi connectivity index (χ3v) is 3.12. The average molecular weight is 291 g/mol. The highest BCUT2D eigenvalue weighted by atomic mass is 16.2. The van der Waals surface area contributed by atoms with Crippen LogP contribution in [0.1, 0.15) is 35.7 Å². The third kappa shape index (κ3) is 6.40. The Morgan fingerprint density at radius 2 is 1.81 bits per heavy atom. The average Bonchev–Trinajstić information content (AvgIpc) is 2.51. The van der Waals surface area contributed by atoms with Gasteiger partial charge in [0.25, 0.3) is 5.91 Å². The maximum absolute atomic E-state index is 12.2. The molecular weight excluding hydrogens is 266 g/mol. The molecule has 5 nitrogen and oxygen atoms in total. The minimum absolute atomic E-state index is 0.0272. The lowest BCUT2D eigenvalue weighted by molar-refractivity contribution is -0.120. The Bertz CT molecular complexity index is 461. The van der Waals surface area contributed by atoms with E-state index in [1.54, 1.807) is 0 Å². The number of likely N-dealkylation sites (N-methyl/N-ethyl adjacent to an activating group) is 1. The second kappa shape index (κ2) is 9.94. The first-order valence-corrected chi connectivity index (χ1v) is 7.46. The molecule has 0 atom stereocenters. The predicted molar refractivity (Wildman–Crippen MR) is 84.3 cm³/mol. The van der Waals surface area contributed by atoms with Gasteiger partial charge in [0.2, 0.25) is 5.91 Å². The zero-order valence-corrected chi connectivity index (χ0v) is 12.9. The zero-order chi connectivity index (χ0) is 15.5. The van der Waals surface area contributed by atoms with E-state index >= 15 is 0 Å². The Balaban J connectivity index is 2.46. The first kappa shape index (κ1) is 17.2. The van der Waals surface area contributed by atoms with Crippen LogP contribution in [0, 0.1) is 0 Å². The summed E-state index contributed by atoms with van der Waals surface area (Å²) >= 11 is 0. The SMILES string of the molecule is CCCNC(=O)CCNC(=O)c1ccccc1CCNC. The topological polar surface area (TPSA) is 70.2 Å². The van der Waals surface area contributed by atoms with E-state index in [9.17, 15) is 9.59 Å². The Kier molecular flexibility index (Phi) is 8.12. The molecule has 0 fully saturated rings. The van der Waals surface area contributed by atoms with Crippen LogP contribution in [-0.4, -0.2) is 38.5 Å². The van der Waals surface area contributed by atoms with Crippen LogP contribution in [0.3, 0.4) is 0 Å². The number of rotatable bonds is 9. The van der Waals surface area contributed by atoms with E-state index in [0.29, 0.717) is 25.1 Å². The minimum atomic E-state index is -0.120. The van der Waals surface area contributed by atoms with E-state index in [1.165, 1.54) is 0 Å². The Hall–Kier alpha value is -1.88. The summed E-state index contributed by atoms with van der Waals surface area (Å²) in [5, 5.41) is 8.66. The molecule has 0 aromatic heterocycles. The summed E-state index contributed by atoms with van der Waals surface area (Å²) in [5.41, 5.74) is 1.70. The fourth-order valence-electron chi connectivity index (χ4n) is 1.96. The van der Waals surface area contributed by atoms with Crippen LogP contribution < -0.4 is 16.0 Å². The van der Waals surface area contributed by atoms with Crippen LogP contribution in [0.5, 0.6) is 0 Å². The van der Waals surface area contributed by atoms with Crippen LogP contribution in [0.2, 0.25) is 0 Å². The Morgan fingerprint density at radius 1 is 1.05 bits per heavy atom. The number of amides is 2. The highest BCUT2D eigenvalue weighted by molar-refractivity contribution is 5.95. The van der Waals surface area contributed by atoms with Gasteiger partial charge in [-0.15, -0.1) is 0 Å². The second-order valence-electron chi connectivity index (χ2n) is 4.87. The van der Waals surface area contributed by atoms with Crippen LogP contribution in [0.15, 0.2) is 24.3 Å². The number of hydrogen-bond acceptors (Lipinski definition) is 3. The predicted octanol–water partition coefficient (Wildman–Crippen LogP) is 1.09. The van der Waals surface area contributed by atoms with Gasteiger partial charge in [0, 0.05) is 25.1 Å². The van der Waals surface area contributed by atoms with E-state index in [4.69, 9.17) is 0 Å². The molecule has 1 aromatic rings. The highest BCUT2D eigenvalue weighted by Gasteiger charge is 2.10. The van der Waals surface area contributed by atoms with Gasteiger partial charge in [-0.25, -0.2) is 0 Å². The molecule has 0 aliphatic rings. The maximum atomic E-state index is 12.2. The normalized spacial score (nSPS) is 10.2. The Morgan fingerprint density at radius 3 is 2.52 bits per heavy atom. The third-order valence-electron chi connectivity index (χ3n) is 3.12. The molecule has 0 saturated heterocycles. The summed E-state index contributed by atoms with van der Waals surface area (Å²) < 4.78 is 0. The summed E-state index contributed by atoms with van der Waals surface area (Å²) in [6.07, 6.45) is 2.03.